The summed E-state index contributed by atoms with van der Waals surface area (Å²) in [6.45, 7) is 4.65. The van der Waals surface area contributed by atoms with Crippen molar-refractivity contribution in [3.05, 3.63) is 78.1 Å². The van der Waals surface area contributed by atoms with Gasteiger partial charge in [-0.05, 0) is 25.5 Å². The van der Waals surface area contributed by atoms with Gasteiger partial charge in [-0.15, -0.1) is 0 Å². The predicted octanol–water partition coefficient (Wildman–Crippen LogP) is 3.86. The molecule has 0 aliphatic carbocycles. The summed E-state index contributed by atoms with van der Waals surface area (Å²) in [6, 6.07) is 10.4. The van der Waals surface area contributed by atoms with Crippen molar-refractivity contribution in [2.75, 3.05) is 0 Å². The fraction of sp³-hybridized carbons (Fsp3) is 0.130. The van der Waals surface area contributed by atoms with Crippen LogP contribution < -0.4 is 0 Å². The van der Waals surface area contributed by atoms with Gasteiger partial charge in [0, 0.05) is 18.1 Å². The summed E-state index contributed by atoms with van der Waals surface area (Å²) in [6.07, 6.45) is 8.70. The summed E-state index contributed by atoms with van der Waals surface area (Å²) in [4.78, 5) is 17.8. The molecule has 0 N–H and O–H groups in total. The highest BCUT2D eigenvalue weighted by molar-refractivity contribution is 5.90. The quantitative estimate of drug-likeness (QED) is 0.425. The molecule has 5 aromatic heterocycles. The van der Waals surface area contributed by atoms with Crippen LogP contribution in [-0.4, -0.2) is 39.3 Å². The number of rotatable bonds is 4. The van der Waals surface area contributed by atoms with Crippen LogP contribution in [0.3, 0.4) is 0 Å². The number of nitrogens with zero attached hydrogens (tertiary/aromatic N) is 8. The van der Waals surface area contributed by atoms with Crippen LogP contribution in [0, 0.1) is 13.8 Å². The van der Waals surface area contributed by atoms with E-state index >= 15 is 0 Å². The molecule has 0 amide bonds. The van der Waals surface area contributed by atoms with Gasteiger partial charge in [-0.1, -0.05) is 35.0 Å². The highest BCUT2D eigenvalue weighted by atomic mass is 16.5. The van der Waals surface area contributed by atoms with Crippen molar-refractivity contribution in [2.45, 2.75) is 20.4 Å². The van der Waals surface area contributed by atoms with Gasteiger partial charge in [0.1, 0.15) is 5.69 Å². The Balaban J connectivity index is 1.42. The van der Waals surface area contributed by atoms with Gasteiger partial charge in [0.15, 0.2) is 11.3 Å². The topological polar surface area (TPSA) is 99.8 Å². The van der Waals surface area contributed by atoms with Gasteiger partial charge in [0.05, 0.1) is 36.1 Å². The Labute approximate surface area is 182 Å². The minimum absolute atomic E-state index is 0.411. The highest BCUT2D eigenvalue weighted by Crippen LogP contribution is 2.29. The first-order valence-corrected chi connectivity index (χ1v) is 10.2. The zero-order valence-electron chi connectivity index (χ0n) is 17.5. The molecule has 32 heavy (non-hydrogen) atoms. The summed E-state index contributed by atoms with van der Waals surface area (Å²) >= 11 is 0. The Bertz CT molecular complexity index is 1580. The van der Waals surface area contributed by atoms with Gasteiger partial charge < -0.3 is 4.52 Å². The maximum Gasteiger partial charge on any atom is 0.259 e. The fourth-order valence-electron chi connectivity index (χ4n) is 3.78. The molecular weight excluding hydrogens is 404 g/mol. The molecule has 5 heterocycles. The normalized spacial score (nSPS) is 11.6. The van der Waals surface area contributed by atoms with Crippen molar-refractivity contribution in [3.63, 3.8) is 0 Å². The van der Waals surface area contributed by atoms with Gasteiger partial charge in [-0.25, -0.2) is 14.6 Å². The third-order valence-electron chi connectivity index (χ3n) is 5.39. The molecule has 1 aromatic carbocycles. The minimum atomic E-state index is 0.411. The van der Waals surface area contributed by atoms with E-state index in [1.807, 2.05) is 28.3 Å². The van der Waals surface area contributed by atoms with E-state index in [2.05, 4.69) is 56.4 Å². The van der Waals surface area contributed by atoms with Crippen molar-refractivity contribution >= 4 is 16.7 Å². The van der Waals surface area contributed by atoms with Gasteiger partial charge in [-0.2, -0.15) is 10.1 Å². The maximum atomic E-state index is 5.64. The van der Waals surface area contributed by atoms with Crippen molar-refractivity contribution < 1.29 is 4.52 Å². The van der Waals surface area contributed by atoms with Crippen LogP contribution in [0.4, 0.5) is 0 Å². The molecule has 0 aliphatic heterocycles. The third kappa shape index (κ3) is 3.02. The number of benzene rings is 1. The van der Waals surface area contributed by atoms with Crippen molar-refractivity contribution in [3.8, 4) is 23.0 Å². The average Bonchev–Trinajstić information content (AvgIpc) is 3.53. The lowest BCUT2D eigenvalue weighted by Gasteiger charge is -2.05. The first kappa shape index (κ1) is 18.4. The first-order chi connectivity index (χ1) is 15.7. The van der Waals surface area contributed by atoms with E-state index in [0.717, 1.165) is 33.5 Å². The molecule has 0 fully saturated rings. The molecule has 0 saturated heterocycles. The standard InChI is InChI=1S/C23H18N8O/c1-14-3-5-16(6-4-14)13-31-22-18(10-26-31)17(9-15(2)27-22)23-28-21(29-32-23)19-11-25-20-12-24-7-8-30(19)20/h3-12H,13H2,1-2H3. The SMILES string of the molecule is Cc1ccc(Cn2ncc3c(-c4nc(-c5cnc6cnccn56)no4)cc(C)nc32)cc1. The van der Waals surface area contributed by atoms with E-state index < -0.39 is 0 Å². The molecule has 6 rings (SSSR count). The first-order valence-electron chi connectivity index (χ1n) is 10.2. The van der Waals surface area contributed by atoms with Crippen LogP contribution in [0.25, 0.3) is 39.7 Å². The highest BCUT2D eigenvalue weighted by Gasteiger charge is 2.19. The lowest BCUT2D eigenvalue weighted by Crippen LogP contribution is -2.03. The molecule has 0 aliphatic rings. The third-order valence-corrected chi connectivity index (χ3v) is 5.39. The maximum absolute atomic E-state index is 5.64. The number of hydrogen-bond acceptors (Lipinski definition) is 7. The Morgan fingerprint density at radius 2 is 1.88 bits per heavy atom. The summed E-state index contributed by atoms with van der Waals surface area (Å²) in [5.74, 6) is 0.864. The number of fused-ring (bicyclic) bond motifs is 2. The monoisotopic (exact) mass is 422 g/mol. The van der Waals surface area contributed by atoms with Crippen molar-refractivity contribution in [1.82, 2.24) is 39.3 Å². The molecule has 9 nitrogen and oxygen atoms in total. The molecule has 156 valence electrons. The molecule has 0 radical (unpaired) electrons. The summed E-state index contributed by atoms with van der Waals surface area (Å²) in [5, 5.41) is 9.63. The lowest BCUT2D eigenvalue weighted by atomic mass is 10.1. The van der Waals surface area contributed by atoms with E-state index in [0.29, 0.717) is 23.9 Å². The van der Waals surface area contributed by atoms with Gasteiger partial charge in [0.2, 0.25) is 5.82 Å². The summed E-state index contributed by atoms with van der Waals surface area (Å²) in [5.41, 5.74) is 6.26. The fourth-order valence-corrected chi connectivity index (χ4v) is 3.78. The van der Waals surface area contributed by atoms with E-state index in [-0.39, 0.29) is 0 Å². The van der Waals surface area contributed by atoms with E-state index in [1.165, 1.54) is 5.56 Å². The molecule has 0 bridgehead atoms. The second-order valence-corrected chi connectivity index (χ2v) is 7.71. The van der Waals surface area contributed by atoms with E-state index in [1.54, 1.807) is 24.8 Å². The predicted molar refractivity (Wildman–Crippen MR) is 118 cm³/mol. The minimum Gasteiger partial charge on any atom is -0.334 e. The Kier molecular flexibility index (Phi) is 4.07. The zero-order chi connectivity index (χ0) is 21.7. The van der Waals surface area contributed by atoms with Crippen molar-refractivity contribution in [2.24, 2.45) is 0 Å². The summed E-state index contributed by atoms with van der Waals surface area (Å²) < 4.78 is 9.41. The zero-order valence-corrected chi connectivity index (χ0v) is 17.5. The lowest BCUT2D eigenvalue weighted by molar-refractivity contribution is 0.432. The van der Waals surface area contributed by atoms with Gasteiger partial charge in [0.25, 0.3) is 5.89 Å². The average molecular weight is 422 g/mol. The summed E-state index contributed by atoms with van der Waals surface area (Å²) in [7, 11) is 0. The van der Waals surface area contributed by atoms with Crippen LogP contribution in [0.1, 0.15) is 16.8 Å². The van der Waals surface area contributed by atoms with Crippen LogP contribution >= 0.6 is 0 Å². The molecule has 6 aromatic rings. The molecule has 0 spiro atoms. The second-order valence-electron chi connectivity index (χ2n) is 7.71. The number of imidazole rings is 1. The Hall–Kier alpha value is -4.40. The number of pyridine rings is 1. The Morgan fingerprint density at radius 3 is 2.75 bits per heavy atom. The van der Waals surface area contributed by atoms with Crippen LogP contribution in [0.5, 0.6) is 0 Å². The molecule has 0 saturated carbocycles. The Morgan fingerprint density at radius 1 is 1.00 bits per heavy atom. The smallest absolute Gasteiger partial charge is 0.259 e. The van der Waals surface area contributed by atoms with Crippen molar-refractivity contribution in [1.29, 1.82) is 0 Å². The molecular formula is C23H18N8O. The van der Waals surface area contributed by atoms with Crippen LogP contribution in [-0.2, 0) is 6.54 Å². The molecule has 9 heteroatoms. The van der Waals surface area contributed by atoms with Gasteiger partial charge >= 0.3 is 0 Å². The number of aromatic nitrogens is 8. The van der Waals surface area contributed by atoms with Crippen LogP contribution in [0.2, 0.25) is 0 Å². The van der Waals surface area contributed by atoms with Crippen LogP contribution in [0.15, 0.2) is 65.8 Å². The van der Waals surface area contributed by atoms with E-state index in [4.69, 9.17) is 9.51 Å². The molecule has 0 unspecified atom stereocenters. The molecule has 0 atom stereocenters. The van der Waals surface area contributed by atoms with Gasteiger partial charge in [-0.3, -0.25) is 9.38 Å². The number of aryl methyl sites for hydroxylation is 2. The van der Waals surface area contributed by atoms with E-state index in [9.17, 15) is 0 Å². The largest absolute Gasteiger partial charge is 0.334 e. The number of hydrogen-bond donors (Lipinski definition) is 0. The second kappa shape index (κ2) is 7.09.